The van der Waals surface area contributed by atoms with Gasteiger partial charge in [0, 0.05) is 0 Å². The van der Waals surface area contributed by atoms with Crippen LogP contribution < -0.4 is 0 Å². The fraction of sp³-hybridized carbons (Fsp3) is 0.516. The van der Waals surface area contributed by atoms with Crippen LogP contribution in [0.4, 0.5) is 0 Å². The maximum Gasteiger partial charge on any atom is -0.0132 e. The van der Waals surface area contributed by atoms with Crippen LogP contribution in [0, 0.1) is 20.8 Å². The summed E-state index contributed by atoms with van der Waals surface area (Å²) in [6, 6.07) is 38.3. The van der Waals surface area contributed by atoms with Gasteiger partial charge in [0.25, 0.3) is 0 Å². The first kappa shape index (κ1) is 54.2. The molecule has 5 aromatic carbocycles. The third-order valence-corrected chi connectivity index (χ3v) is 11.6. The molecule has 0 atom stereocenters. The van der Waals surface area contributed by atoms with E-state index >= 15 is 0 Å². The summed E-state index contributed by atoms with van der Waals surface area (Å²) in [6.07, 6.45) is 1.12. The second kappa shape index (κ2) is 21.2. The van der Waals surface area contributed by atoms with E-state index in [9.17, 15) is 0 Å². The molecule has 0 nitrogen and oxygen atoms in total. The zero-order valence-corrected chi connectivity index (χ0v) is 44.6. The van der Waals surface area contributed by atoms with Gasteiger partial charge in [0.05, 0.1) is 0 Å². The van der Waals surface area contributed by atoms with Gasteiger partial charge in [-0.05, 0) is 121 Å². The summed E-state index contributed by atoms with van der Waals surface area (Å²) in [5, 5.41) is 0. The Morgan fingerprint density at radius 3 is 0.919 bits per heavy atom. The van der Waals surface area contributed by atoms with Gasteiger partial charge in [0.15, 0.2) is 0 Å². The lowest BCUT2D eigenvalue weighted by atomic mass is 9.78. The van der Waals surface area contributed by atoms with Gasteiger partial charge in [0.1, 0.15) is 0 Å². The van der Waals surface area contributed by atoms with E-state index in [-0.39, 0.29) is 32.5 Å². The van der Waals surface area contributed by atoms with Crippen LogP contribution in [0.5, 0.6) is 0 Å². The first-order valence-electron chi connectivity index (χ1n) is 23.6. The van der Waals surface area contributed by atoms with Crippen LogP contribution in [0.3, 0.4) is 0 Å². The van der Waals surface area contributed by atoms with Crippen molar-refractivity contribution in [1.82, 2.24) is 0 Å². The molecule has 0 fully saturated rings. The summed E-state index contributed by atoms with van der Waals surface area (Å²) in [6.45, 7) is 54.3. The van der Waals surface area contributed by atoms with Crippen LogP contribution in [0.1, 0.15) is 213 Å². The second-order valence-electron chi connectivity index (χ2n) is 24.6. The van der Waals surface area contributed by atoms with E-state index in [4.69, 9.17) is 0 Å². The number of aryl methyl sites for hydroxylation is 4. The fourth-order valence-electron chi connectivity index (χ4n) is 7.03. The van der Waals surface area contributed by atoms with E-state index in [0.29, 0.717) is 5.92 Å². The zero-order valence-electron chi connectivity index (χ0n) is 44.6. The lowest BCUT2D eigenvalue weighted by Gasteiger charge is -2.27. The Morgan fingerprint density at radius 1 is 0.339 bits per heavy atom. The van der Waals surface area contributed by atoms with E-state index in [2.05, 4.69) is 263 Å². The highest BCUT2D eigenvalue weighted by Crippen LogP contribution is 2.34. The van der Waals surface area contributed by atoms with Crippen LogP contribution in [0.2, 0.25) is 0 Å². The van der Waals surface area contributed by atoms with Crippen molar-refractivity contribution in [2.75, 3.05) is 0 Å². The van der Waals surface area contributed by atoms with Crippen LogP contribution in [-0.2, 0) is 38.9 Å². The molecule has 340 valence electrons. The molecule has 0 aromatic heterocycles. The zero-order chi connectivity index (χ0) is 47.8. The van der Waals surface area contributed by atoms with E-state index in [1.807, 2.05) is 6.07 Å². The first-order chi connectivity index (χ1) is 28.0. The molecule has 0 radical (unpaired) electrons. The molecule has 0 heteroatoms. The molecule has 0 aliphatic heterocycles. The molecule has 5 rings (SSSR count). The average molecular weight is 837 g/mol. The van der Waals surface area contributed by atoms with Gasteiger partial charge >= 0.3 is 0 Å². The molecule has 0 N–H and O–H groups in total. The van der Waals surface area contributed by atoms with Gasteiger partial charge in [-0.25, -0.2) is 0 Å². The first-order valence-corrected chi connectivity index (χ1v) is 23.6. The normalized spacial score (nSPS) is 12.4. The van der Waals surface area contributed by atoms with Crippen LogP contribution in [0.15, 0.2) is 103 Å². The maximum absolute atomic E-state index is 2.38. The highest BCUT2D eigenvalue weighted by Gasteiger charge is 2.23. The topological polar surface area (TPSA) is 0 Å². The predicted molar refractivity (Wildman–Crippen MR) is 281 cm³/mol. The SMILES string of the molecule is CC(C)c1cc(C(C)(C)C)cc(C(C)(C)C)c1.CCc1cc(C(C)(C)C)cc(C(C)(C)C)c1.Cc1cc(C(C)(C)C)cc(C(C)(C)C)c1.Cc1cc(C)cc(-c2ccccc2)c1. The molecule has 0 spiro atoms. The Balaban J connectivity index is 0.000000285. The van der Waals surface area contributed by atoms with Gasteiger partial charge in [-0.15, -0.1) is 0 Å². The lowest BCUT2D eigenvalue weighted by Crippen LogP contribution is -2.17. The standard InChI is InChI=1S/C17H28.C16H26.C15H24.C14H14/c1-12(2)13-9-14(16(3,4)5)11-15(10-13)17(6,7)8;1-8-12-9-13(15(2,3)4)11-14(10-12)16(5,6)7;1-11-8-12(14(2,3)4)10-13(9-11)15(5,6)7;1-11-8-12(2)10-14(9-11)13-6-4-3-5-7-13/h9-12H,1-8H3;9-11H,8H2,1-7H3;8-10H,1-7H3;3-10H,1-2H3. The summed E-state index contributed by atoms with van der Waals surface area (Å²) in [5.74, 6) is 0.596. The molecule has 0 bridgehead atoms. The van der Waals surface area contributed by atoms with E-state index in [1.54, 1.807) is 0 Å². The highest BCUT2D eigenvalue weighted by molar-refractivity contribution is 5.65. The minimum Gasteiger partial charge on any atom is -0.0622 e. The van der Waals surface area contributed by atoms with E-state index < -0.39 is 0 Å². The monoisotopic (exact) mass is 837 g/mol. The molecule has 62 heavy (non-hydrogen) atoms. The Hall–Kier alpha value is -3.90. The van der Waals surface area contributed by atoms with Crippen molar-refractivity contribution in [2.45, 2.75) is 211 Å². The summed E-state index contributed by atoms with van der Waals surface area (Å²) in [5.41, 5.74) is 19.6. The fourth-order valence-corrected chi connectivity index (χ4v) is 7.03. The molecule has 0 saturated heterocycles. The number of hydrogen-bond donors (Lipinski definition) is 0. The van der Waals surface area contributed by atoms with Gasteiger partial charge < -0.3 is 0 Å². The summed E-state index contributed by atoms with van der Waals surface area (Å²) in [4.78, 5) is 0. The third kappa shape index (κ3) is 17.7. The van der Waals surface area contributed by atoms with E-state index in [1.165, 1.54) is 72.3 Å². The smallest absolute Gasteiger partial charge is 0.0132 e. The Labute approximate surface area is 384 Å². The average Bonchev–Trinajstić information content (AvgIpc) is 3.13. The van der Waals surface area contributed by atoms with Crippen molar-refractivity contribution in [2.24, 2.45) is 0 Å². The van der Waals surface area contributed by atoms with Crippen LogP contribution in [-0.4, -0.2) is 0 Å². The molecule has 0 heterocycles. The number of rotatable bonds is 3. The van der Waals surface area contributed by atoms with Gasteiger partial charge in [-0.2, -0.15) is 0 Å². The predicted octanol–water partition coefficient (Wildman–Crippen LogP) is 18.8. The molecule has 0 saturated carbocycles. The molecule has 0 aliphatic rings. The number of benzene rings is 5. The van der Waals surface area contributed by atoms with Crippen LogP contribution in [0.25, 0.3) is 11.1 Å². The molecule has 5 aromatic rings. The summed E-state index contributed by atoms with van der Waals surface area (Å²) < 4.78 is 0. The summed E-state index contributed by atoms with van der Waals surface area (Å²) >= 11 is 0. The van der Waals surface area contributed by atoms with Gasteiger partial charge in [0.2, 0.25) is 0 Å². The molecule has 0 unspecified atom stereocenters. The lowest BCUT2D eigenvalue weighted by molar-refractivity contribution is 0.565. The Bertz CT molecular complexity index is 2030. The Morgan fingerprint density at radius 2 is 0.629 bits per heavy atom. The maximum atomic E-state index is 2.38. The Kier molecular flexibility index (Phi) is 18.5. The highest BCUT2D eigenvalue weighted by atomic mass is 14.3. The second-order valence-corrected chi connectivity index (χ2v) is 24.6. The molecular formula is C62H92. The van der Waals surface area contributed by atoms with Crippen molar-refractivity contribution in [1.29, 1.82) is 0 Å². The van der Waals surface area contributed by atoms with Crippen molar-refractivity contribution in [3.63, 3.8) is 0 Å². The van der Waals surface area contributed by atoms with Gasteiger partial charge in [-0.3, -0.25) is 0 Å². The molecule has 0 aliphatic carbocycles. The number of hydrogen-bond acceptors (Lipinski definition) is 0. The van der Waals surface area contributed by atoms with Crippen molar-refractivity contribution in [3.8, 4) is 11.1 Å². The third-order valence-electron chi connectivity index (χ3n) is 11.6. The largest absolute Gasteiger partial charge is 0.0622 e. The van der Waals surface area contributed by atoms with E-state index in [0.717, 1.165) is 6.42 Å². The van der Waals surface area contributed by atoms with Crippen molar-refractivity contribution >= 4 is 0 Å². The quantitative estimate of drug-likeness (QED) is 0.170. The van der Waals surface area contributed by atoms with Gasteiger partial charge in [-0.1, -0.05) is 265 Å². The summed E-state index contributed by atoms with van der Waals surface area (Å²) in [7, 11) is 0. The van der Waals surface area contributed by atoms with Crippen molar-refractivity contribution in [3.05, 3.63) is 164 Å². The molecular weight excluding hydrogens is 745 g/mol. The minimum atomic E-state index is 0.227. The van der Waals surface area contributed by atoms with Crippen LogP contribution >= 0.6 is 0 Å². The molecule has 0 amide bonds. The minimum absolute atomic E-state index is 0.227. The van der Waals surface area contributed by atoms with Crippen molar-refractivity contribution < 1.29 is 0 Å².